The molecule has 2 aliphatic rings. The summed E-state index contributed by atoms with van der Waals surface area (Å²) >= 11 is 0. The van der Waals surface area contributed by atoms with Gasteiger partial charge in [-0.25, -0.2) is 0 Å². The van der Waals surface area contributed by atoms with Gasteiger partial charge in [0, 0.05) is 44.1 Å². The van der Waals surface area contributed by atoms with Crippen LogP contribution in [0.5, 0.6) is 5.75 Å². The first-order valence-corrected chi connectivity index (χ1v) is 9.85. The highest BCUT2D eigenvalue weighted by Gasteiger charge is 2.32. The molecular formula is C21H31N3O2. The van der Waals surface area contributed by atoms with E-state index in [0.29, 0.717) is 6.04 Å². The van der Waals surface area contributed by atoms with Gasteiger partial charge in [0.1, 0.15) is 5.75 Å². The zero-order valence-electron chi connectivity index (χ0n) is 15.9. The quantitative estimate of drug-likeness (QED) is 0.807. The summed E-state index contributed by atoms with van der Waals surface area (Å²) in [6.45, 7) is 4.86. The van der Waals surface area contributed by atoms with Gasteiger partial charge in [-0.05, 0) is 57.2 Å². The number of benzene rings is 1. The number of ether oxygens (including phenoxy) is 2. The summed E-state index contributed by atoms with van der Waals surface area (Å²) in [6, 6.07) is 11.3. The van der Waals surface area contributed by atoms with Crippen LogP contribution in [-0.4, -0.2) is 50.9 Å². The number of piperidine rings is 1. The maximum Gasteiger partial charge on any atom is 0.120 e. The van der Waals surface area contributed by atoms with E-state index in [-0.39, 0.29) is 5.41 Å². The van der Waals surface area contributed by atoms with E-state index in [9.17, 15) is 5.26 Å². The average Bonchev–Trinajstić information content (AvgIpc) is 2.70. The number of hydrogen-bond donors (Lipinski definition) is 1. The predicted octanol–water partition coefficient (Wildman–Crippen LogP) is 3.67. The Morgan fingerprint density at radius 3 is 2.77 bits per heavy atom. The molecule has 0 unspecified atom stereocenters. The molecule has 26 heavy (non-hydrogen) atoms. The minimum atomic E-state index is -0.134. The lowest BCUT2D eigenvalue weighted by molar-refractivity contribution is 0.0346. The third kappa shape index (κ3) is 5.12. The first-order valence-electron chi connectivity index (χ1n) is 9.85. The normalized spacial score (nSPS) is 21.1. The molecule has 142 valence electrons. The molecular weight excluding hydrogens is 326 g/mol. The molecule has 1 aromatic rings. The summed E-state index contributed by atoms with van der Waals surface area (Å²) in [7, 11) is 1.70. The van der Waals surface area contributed by atoms with Crippen molar-refractivity contribution in [2.24, 2.45) is 5.41 Å². The molecule has 0 saturated carbocycles. The Morgan fingerprint density at radius 1 is 1.31 bits per heavy atom. The predicted molar refractivity (Wildman–Crippen MR) is 103 cm³/mol. The molecule has 1 aromatic carbocycles. The molecule has 0 atom stereocenters. The van der Waals surface area contributed by atoms with Gasteiger partial charge in [-0.1, -0.05) is 6.07 Å². The Kier molecular flexibility index (Phi) is 6.76. The second-order valence-corrected chi connectivity index (χ2v) is 7.60. The molecule has 0 bridgehead atoms. The molecule has 0 aromatic heterocycles. The van der Waals surface area contributed by atoms with E-state index in [1.165, 1.54) is 0 Å². The second-order valence-electron chi connectivity index (χ2n) is 7.60. The van der Waals surface area contributed by atoms with Gasteiger partial charge in [-0.2, -0.15) is 5.26 Å². The van der Waals surface area contributed by atoms with Gasteiger partial charge < -0.3 is 19.7 Å². The molecule has 1 N–H and O–H groups in total. The van der Waals surface area contributed by atoms with Crippen molar-refractivity contribution in [2.45, 2.75) is 44.6 Å². The van der Waals surface area contributed by atoms with Crippen LogP contribution in [0.2, 0.25) is 0 Å². The number of anilines is 1. The van der Waals surface area contributed by atoms with Gasteiger partial charge in [0.05, 0.1) is 18.6 Å². The highest BCUT2D eigenvalue weighted by Crippen LogP contribution is 2.34. The molecule has 0 amide bonds. The summed E-state index contributed by atoms with van der Waals surface area (Å²) in [5.74, 6) is 0.895. The highest BCUT2D eigenvalue weighted by molar-refractivity contribution is 5.48. The number of rotatable bonds is 7. The standard InChI is InChI=1S/C21H31N3O2/c1-25-20-5-2-4-19(16-20)23-18-6-12-24(13-7-18)11-3-8-21(17-22)9-14-26-15-10-21/h2,4-5,16,18,23H,3,6-15H2,1H3. The van der Waals surface area contributed by atoms with Crippen LogP contribution in [-0.2, 0) is 4.74 Å². The van der Waals surface area contributed by atoms with Crippen LogP contribution in [0, 0.1) is 16.7 Å². The molecule has 5 heteroatoms. The molecule has 0 radical (unpaired) electrons. The maximum absolute atomic E-state index is 9.55. The van der Waals surface area contributed by atoms with E-state index in [2.05, 4.69) is 28.4 Å². The van der Waals surface area contributed by atoms with Crippen LogP contribution in [0.25, 0.3) is 0 Å². The average molecular weight is 357 g/mol. The van der Waals surface area contributed by atoms with Crippen molar-refractivity contribution in [2.75, 3.05) is 45.3 Å². The Bertz CT molecular complexity index is 600. The fourth-order valence-electron chi connectivity index (χ4n) is 4.07. The first-order chi connectivity index (χ1) is 12.7. The number of nitrogens with one attached hydrogen (secondary N) is 1. The summed E-state index contributed by atoms with van der Waals surface area (Å²) in [5, 5.41) is 13.2. The number of nitrogens with zero attached hydrogens (tertiary/aromatic N) is 2. The van der Waals surface area contributed by atoms with Crippen molar-refractivity contribution in [1.29, 1.82) is 5.26 Å². The van der Waals surface area contributed by atoms with Crippen LogP contribution < -0.4 is 10.1 Å². The molecule has 2 saturated heterocycles. The zero-order chi connectivity index (χ0) is 18.2. The third-order valence-electron chi connectivity index (χ3n) is 5.84. The molecule has 2 heterocycles. The summed E-state index contributed by atoms with van der Waals surface area (Å²) in [6.07, 6.45) is 6.24. The lowest BCUT2D eigenvalue weighted by Crippen LogP contribution is -2.40. The molecule has 2 aliphatic heterocycles. The van der Waals surface area contributed by atoms with Gasteiger partial charge in [0.2, 0.25) is 0 Å². The molecule has 0 aliphatic carbocycles. The fraction of sp³-hybridized carbons (Fsp3) is 0.667. The Hall–Kier alpha value is -1.77. The maximum atomic E-state index is 9.55. The smallest absolute Gasteiger partial charge is 0.120 e. The lowest BCUT2D eigenvalue weighted by Gasteiger charge is -2.34. The zero-order valence-corrected chi connectivity index (χ0v) is 15.9. The van der Waals surface area contributed by atoms with E-state index in [1.54, 1.807) is 7.11 Å². The van der Waals surface area contributed by atoms with Crippen LogP contribution in [0.1, 0.15) is 38.5 Å². The van der Waals surface area contributed by atoms with Gasteiger partial charge in [0.15, 0.2) is 0 Å². The number of methoxy groups -OCH3 is 1. The Balaban J connectivity index is 1.38. The monoisotopic (exact) mass is 357 g/mol. The van der Waals surface area contributed by atoms with Gasteiger partial charge in [0.25, 0.3) is 0 Å². The number of hydrogen-bond acceptors (Lipinski definition) is 5. The molecule has 3 rings (SSSR count). The highest BCUT2D eigenvalue weighted by atomic mass is 16.5. The number of likely N-dealkylation sites (tertiary alicyclic amines) is 1. The summed E-state index contributed by atoms with van der Waals surface area (Å²) in [4.78, 5) is 2.55. The van der Waals surface area contributed by atoms with Crippen molar-refractivity contribution in [3.05, 3.63) is 24.3 Å². The van der Waals surface area contributed by atoms with E-state index in [1.807, 2.05) is 12.1 Å². The minimum Gasteiger partial charge on any atom is -0.497 e. The Morgan fingerprint density at radius 2 is 2.08 bits per heavy atom. The SMILES string of the molecule is COc1cccc(NC2CCN(CCCC3(C#N)CCOCC3)CC2)c1. The second kappa shape index (κ2) is 9.25. The van der Waals surface area contributed by atoms with Crippen LogP contribution in [0.4, 0.5) is 5.69 Å². The number of nitriles is 1. The summed E-state index contributed by atoms with van der Waals surface area (Å²) in [5.41, 5.74) is 1.00. The van der Waals surface area contributed by atoms with Crippen molar-refractivity contribution in [1.82, 2.24) is 4.90 Å². The van der Waals surface area contributed by atoms with Crippen molar-refractivity contribution >= 4 is 5.69 Å². The van der Waals surface area contributed by atoms with E-state index < -0.39 is 0 Å². The summed E-state index contributed by atoms with van der Waals surface area (Å²) < 4.78 is 10.7. The fourth-order valence-corrected chi connectivity index (χ4v) is 4.07. The topological polar surface area (TPSA) is 57.5 Å². The largest absolute Gasteiger partial charge is 0.497 e. The van der Waals surface area contributed by atoms with Crippen LogP contribution in [0.3, 0.4) is 0 Å². The molecule has 2 fully saturated rings. The van der Waals surface area contributed by atoms with Gasteiger partial charge >= 0.3 is 0 Å². The first kappa shape index (κ1) is 19.0. The van der Waals surface area contributed by atoms with Crippen molar-refractivity contribution in [3.8, 4) is 11.8 Å². The van der Waals surface area contributed by atoms with Crippen molar-refractivity contribution in [3.63, 3.8) is 0 Å². The third-order valence-corrected chi connectivity index (χ3v) is 5.84. The molecule has 5 nitrogen and oxygen atoms in total. The van der Waals surface area contributed by atoms with E-state index >= 15 is 0 Å². The van der Waals surface area contributed by atoms with Gasteiger partial charge in [-0.15, -0.1) is 0 Å². The Labute approximate surface area is 157 Å². The van der Waals surface area contributed by atoms with Crippen molar-refractivity contribution < 1.29 is 9.47 Å². The van der Waals surface area contributed by atoms with E-state index in [4.69, 9.17) is 9.47 Å². The van der Waals surface area contributed by atoms with Crippen LogP contribution in [0.15, 0.2) is 24.3 Å². The van der Waals surface area contributed by atoms with E-state index in [0.717, 1.165) is 82.8 Å². The van der Waals surface area contributed by atoms with Gasteiger partial charge in [-0.3, -0.25) is 0 Å². The molecule has 0 spiro atoms. The van der Waals surface area contributed by atoms with Crippen LogP contribution >= 0.6 is 0 Å². The lowest BCUT2D eigenvalue weighted by atomic mass is 9.78. The minimum absolute atomic E-state index is 0.134.